The fourth-order valence-corrected chi connectivity index (χ4v) is 2.97. The molecule has 2 aromatic heterocycles. The molecular weight excluding hydrogens is 419 g/mol. The van der Waals surface area contributed by atoms with Gasteiger partial charge in [-0.15, -0.1) is 10.2 Å². The Labute approximate surface area is 173 Å². The van der Waals surface area contributed by atoms with Crippen LogP contribution in [-0.4, -0.2) is 46.2 Å². The van der Waals surface area contributed by atoms with Crippen molar-refractivity contribution in [1.82, 2.24) is 25.3 Å². The van der Waals surface area contributed by atoms with Gasteiger partial charge < -0.3 is 19.5 Å². The molecule has 0 aliphatic carbocycles. The van der Waals surface area contributed by atoms with Crippen LogP contribution < -0.4 is 19.5 Å². The summed E-state index contributed by atoms with van der Waals surface area (Å²) in [7, 11) is 1.35. The van der Waals surface area contributed by atoms with Crippen LogP contribution in [0.1, 0.15) is 21.6 Å². The van der Waals surface area contributed by atoms with Crippen LogP contribution in [0.2, 0.25) is 0 Å². The van der Waals surface area contributed by atoms with E-state index in [9.17, 15) is 18.0 Å². The van der Waals surface area contributed by atoms with E-state index < -0.39 is 23.3 Å². The van der Waals surface area contributed by atoms with Crippen LogP contribution in [0, 0.1) is 0 Å². The maximum Gasteiger partial charge on any atom is 0.434 e. The summed E-state index contributed by atoms with van der Waals surface area (Å²) in [4.78, 5) is 12.5. The molecule has 1 aliphatic rings. The normalized spacial score (nSPS) is 13.0. The lowest BCUT2D eigenvalue weighted by molar-refractivity contribution is -0.143. The van der Waals surface area contributed by atoms with Crippen LogP contribution in [0.3, 0.4) is 0 Å². The van der Waals surface area contributed by atoms with E-state index in [4.69, 9.17) is 14.2 Å². The molecule has 3 aromatic rings. The summed E-state index contributed by atoms with van der Waals surface area (Å²) in [5.41, 5.74) is -1.26. The molecule has 31 heavy (non-hydrogen) atoms. The molecule has 0 fully saturated rings. The number of nitrogens with zero attached hydrogens (tertiary/aromatic N) is 4. The van der Waals surface area contributed by atoms with Crippen molar-refractivity contribution in [2.75, 3.05) is 20.3 Å². The van der Waals surface area contributed by atoms with Crippen molar-refractivity contribution in [1.29, 1.82) is 0 Å². The van der Waals surface area contributed by atoms with E-state index in [1.54, 1.807) is 18.2 Å². The fourth-order valence-electron chi connectivity index (χ4n) is 2.97. The number of rotatable bonds is 5. The Morgan fingerprint density at radius 3 is 2.61 bits per heavy atom. The number of fused-ring (bicyclic) bond motifs is 1. The largest absolute Gasteiger partial charge is 0.486 e. The molecule has 0 saturated heterocycles. The predicted molar refractivity (Wildman–Crippen MR) is 99.3 cm³/mol. The van der Waals surface area contributed by atoms with Gasteiger partial charge in [-0.25, -0.2) is 4.68 Å². The van der Waals surface area contributed by atoms with Gasteiger partial charge in [-0.2, -0.15) is 18.3 Å². The summed E-state index contributed by atoms with van der Waals surface area (Å²) < 4.78 is 57.5. The van der Waals surface area contributed by atoms with Crippen molar-refractivity contribution in [3.8, 4) is 23.2 Å². The number of alkyl halides is 3. The summed E-state index contributed by atoms with van der Waals surface area (Å²) in [5.74, 6) is 0.0678. The Kier molecular flexibility index (Phi) is 5.36. The summed E-state index contributed by atoms with van der Waals surface area (Å²) in [6.45, 7) is 0.817. The monoisotopic (exact) mass is 435 g/mol. The van der Waals surface area contributed by atoms with Crippen molar-refractivity contribution in [2.24, 2.45) is 0 Å². The first-order valence-electron chi connectivity index (χ1n) is 9.07. The lowest BCUT2D eigenvalue weighted by Crippen LogP contribution is -2.26. The summed E-state index contributed by atoms with van der Waals surface area (Å²) in [6.07, 6.45) is -4.02. The molecular formula is C19H16F3N5O4. The van der Waals surface area contributed by atoms with E-state index in [0.717, 1.165) is 6.20 Å². The number of halogens is 3. The number of hydrogen-bond acceptors (Lipinski definition) is 7. The van der Waals surface area contributed by atoms with Gasteiger partial charge in [0, 0.05) is 12.6 Å². The number of hydrogen-bond donors (Lipinski definition) is 1. The van der Waals surface area contributed by atoms with E-state index in [1.165, 1.54) is 19.2 Å². The molecule has 162 valence electrons. The molecule has 12 heteroatoms. The van der Waals surface area contributed by atoms with Crippen molar-refractivity contribution in [2.45, 2.75) is 12.7 Å². The molecule has 0 atom stereocenters. The van der Waals surface area contributed by atoms with Gasteiger partial charge in [-0.1, -0.05) is 6.07 Å². The first-order valence-corrected chi connectivity index (χ1v) is 9.07. The van der Waals surface area contributed by atoms with Crippen LogP contribution in [-0.2, 0) is 12.7 Å². The first-order chi connectivity index (χ1) is 14.9. The molecule has 4 rings (SSSR count). The van der Waals surface area contributed by atoms with E-state index in [-0.39, 0.29) is 18.2 Å². The molecule has 1 aromatic carbocycles. The van der Waals surface area contributed by atoms with Gasteiger partial charge in [-0.05, 0) is 23.8 Å². The molecule has 0 bridgehead atoms. The number of carbonyl (C=O) groups excluding carboxylic acids is 1. The van der Waals surface area contributed by atoms with E-state index >= 15 is 0 Å². The third-order valence-corrected chi connectivity index (χ3v) is 4.39. The Morgan fingerprint density at radius 2 is 1.94 bits per heavy atom. The quantitative estimate of drug-likeness (QED) is 0.657. The molecule has 1 amide bonds. The van der Waals surface area contributed by atoms with Crippen LogP contribution in [0.25, 0.3) is 5.82 Å². The fraction of sp³-hybridized carbons (Fsp3) is 0.263. The maximum absolute atomic E-state index is 13.7. The molecule has 1 N–H and O–H groups in total. The standard InChI is InChI=1S/C19H16F3N5O4/c1-29-16-5-4-15(25-26-16)27-17(19(20,21)22)12(10-24-27)18(28)23-9-11-2-3-13-14(8-11)31-7-6-30-13/h2-5,8,10H,6-7,9H2,1H3,(H,23,28). The second-order valence-electron chi connectivity index (χ2n) is 6.41. The Morgan fingerprint density at radius 1 is 1.16 bits per heavy atom. The first kappa shape index (κ1) is 20.4. The highest BCUT2D eigenvalue weighted by atomic mass is 19.4. The van der Waals surface area contributed by atoms with Gasteiger partial charge >= 0.3 is 6.18 Å². The number of nitrogens with one attached hydrogen (secondary N) is 1. The lowest BCUT2D eigenvalue weighted by Gasteiger charge is -2.19. The molecule has 9 nitrogen and oxygen atoms in total. The lowest BCUT2D eigenvalue weighted by atomic mass is 10.1. The molecule has 0 radical (unpaired) electrons. The smallest absolute Gasteiger partial charge is 0.434 e. The zero-order valence-corrected chi connectivity index (χ0v) is 16.1. The zero-order chi connectivity index (χ0) is 22.0. The summed E-state index contributed by atoms with van der Waals surface area (Å²) in [5, 5.41) is 13.5. The molecule has 0 unspecified atom stereocenters. The Bertz CT molecular complexity index is 1100. The number of benzene rings is 1. The number of ether oxygens (including phenoxy) is 3. The van der Waals surface area contributed by atoms with Crippen molar-refractivity contribution < 1.29 is 32.2 Å². The van der Waals surface area contributed by atoms with Crippen LogP contribution >= 0.6 is 0 Å². The molecule has 1 aliphatic heterocycles. The SMILES string of the molecule is COc1ccc(-n2ncc(C(=O)NCc3ccc4c(c3)OCCO4)c2C(F)(F)F)nn1. The zero-order valence-electron chi connectivity index (χ0n) is 16.1. The van der Waals surface area contributed by atoms with Crippen molar-refractivity contribution >= 4 is 5.91 Å². The van der Waals surface area contributed by atoms with E-state index in [2.05, 4.69) is 20.6 Å². The second-order valence-corrected chi connectivity index (χ2v) is 6.41. The predicted octanol–water partition coefficient (Wildman–Crippen LogP) is 2.39. The third kappa shape index (κ3) is 4.22. The van der Waals surface area contributed by atoms with Gasteiger partial charge in [0.05, 0.1) is 18.9 Å². The number of amides is 1. The van der Waals surface area contributed by atoms with Gasteiger partial charge in [0.15, 0.2) is 23.0 Å². The summed E-state index contributed by atoms with van der Waals surface area (Å²) >= 11 is 0. The van der Waals surface area contributed by atoms with Crippen molar-refractivity contribution in [3.05, 3.63) is 53.3 Å². The molecule has 0 saturated carbocycles. The highest BCUT2D eigenvalue weighted by Gasteiger charge is 2.41. The van der Waals surface area contributed by atoms with Gasteiger partial charge in [0.2, 0.25) is 5.88 Å². The van der Waals surface area contributed by atoms with Gasteiger partial charge in [0.25, 0.3) is 5.91 Å². The highest BCUT2D eigenvalue weighted by molar-refractivity contribution is 5.95. The Balaban J connectivity index is 1.57. The highest BCUT2D eigenvalue weighted by Crippen LogP contribution is 2.34. The average Bonchev–Trinajstić information content (AvgIpc) is 3.23. The average molecular weight is 435 g/mol. The Hall–Kier alpha value is -3.83. The van der Waals surface area contributed by atoms with Crippen LogP contribution in [0.5, 0.6) is 17.4 Å². The van der Waals surface area contributed by atoms with Crippen LogP contribution in [0.15, 0.2) is 36.5 Å². The van der Waals surface area contributed by atoms with Gasteiger partial charge in [-0.3, -0.25) is 4.79 Å². The van der Waals surface area contributed by atoms with E-state index in [1.807, 2.05) is 0 Å². The van der Waals surface area contributed by atoms with Gasteiger partial charge in [0.1, 0.15) is 13.2 Å². The minimum Gasteiger partial charge on any atom is -0.486 e. The number of carbonyl (C=O) groups is 1. The maximum atomic E-state index is 13.7. The number of aromatic nitrogens is 4. The third-order valence-electron chi connectivity index (χ3n) is 4.39. The second kappa shape index (κ2) is 8.13. The van der Waals surface area contributed by atoms with E-state index in [0.29, 0.717) is 35.0 Å². The topological polar surface area (TPSA) is 100 Å². The summed E-state index contributed by atoms with van der Waals surface area (Å²) in [6, 6.07) is 7.62. The minimum atomic E-state index is -4.86. The molecule has 0 spiro atoms. The van der Waals surface area contributed by atoms with Crippen LogP contribution in [0.4, 0.5) is 13.2 Å². The molecule has 3 heterocycles. The van der Waals surface area contributed by atoms with Crippen molar-refractivity contribution in [3.63, 3.8) is 0 Å². The number of methoxy groups -OCH3 is 1. The minimum absolute atomic E-state index is 0.0136.